The molecule has 1 saturated heterocycles. The van der Waals surface area contributed by atoms with E-state index in [2.05, 4.69) is 6.92 Å². The number of hydrogen-bond donors (Lipinski definition) is 0. The lowest BCUT2D eigenvalue weighted by molar-refractivity contribution is -0.174. The summed E-state index contributed by atoms with van der Waals surface area (Å²) >= 11 is 0. The normalized spacial score (nSPS) is 29.0. The lowest BCUT2D eigenvalue weighted by atomic mass is 9.66. The lowest BCUT2D eigenvalue weighted by Gasteiger charge is -2.51. The largest absolute Gasteiger partial charge is 0.369 e. The number of benzene rings is 1. The summed E-state index contributed by atoms with van der Waals surface area (Å²) < 4.78 is 5.89. The average molecular weight is 296 g/mol. The molecular weight excluding hydrogens is 276 g/mol. The van der Waals surface area contributed by atoms with Gasteiger partial charge in [-0.3, -0.25) is 9.59 Å². The Hall–Kier alpha value is -1.74. The van der Waals surface area contributed by atoms with Crippen LogP contribution in [-0.2, 0) is 4.74 Å². The molecule has 2 aliphatic carbocycles. The Morgan fingerprint density at radius 2 is 1.82 bits per heavy atom. The van der Waals surface area contributed by atoms with Gasteiger partial charge in [-0.1, -0.05) is 50.5 Å². The van der Waals surface area contributed by atoms with Gasteiger partial charge < -0.3 is 4.74 Å². The second-order valence-electron chi connectivity index (χ2n) is 6.55. The van der Waals surface area contributed by atoms with E-state index in [0.29, 0.717) is 29.0 Å². The summed E-state index contributed by atoms with van der Waals surface area (Å²) in [7, 11) is 0. The SMILES string of the molecule is CCCCCC1C2CC3=C(C(=O)c4ccccc4C3=O)C1O2. The Morgan fingerprint density at radius 1 is 1.09 bits per heavy atom. The summed E-state index contributed by atoms with van der Waals surface area (Å²) in [6.45, 7) is 2.19. The maximum absolute atomic E-state index is 12.8. The van der Waals surface area contributed by atoms with Crippen molar-refractivity contribution in [1.29, 1.82) is 0 Å². The molecule has 114 valence electrons. The van der Waals surface area contributed by atoms with E-state index in [0.717, 1.165) is 12.0 Å². The predicted molar refractivity (Wildman–Crippen MR) is 83.0 cm³/mol. The van der Waals surface area contributed by atoms with Crippen molar-refractivity contribution in [3.05, 3.63) is 46.5 Å². The van der Waals surface area contributed by atoms with E-state index >= 15 is 0 Å². The van der Waals surface area contributed by atoms with Crippen molar-refractivity contribution in [2.24, 2.45) is 5.92 Å². The van der Waals surface area contributed by atoms with Gasteiger partial charge in [-0.25, -0.2) is 0 Å². The summed E-state index contributed by atoms with van der Waals surface area (Å²) in [5, 5.41) is 0. The molecule has 0 saturated carbocycles. The average Bonchev–Trinajstić information content (AvgIpc) is 2.55. The standard InChI is InChI=1S/C19H20O3/c1-2-3-4-9-13-15-10-14-16(19(13)22-15)18(21)12-8-6-5-7-11(12)17(14)20/h5-8,13,15,19H,2-4,9-10H2,1H3. The number of carbonyl (C=O) groups is 2. The molecule has 1 aromatic rings. The van der Waals surface area contributed by atoms with Gasteiger partial charge in [0.2, 0.25) is 0 Å². The van der Waals surface area contributed by atoms with Crippen LogP contribution in [0.25, 0.3) is 0 Å². The molecular formula is C19H20O3. The summed E-state index contributed by atoms with van der Waals surface area (Å²) in [6, 6.07) is 7.17. The van der Waals surface area contributed by atoms with Crippen LogP contribution in [0.4, 0.5) is 0 Å². The summed E-state index contributed by atoms with van der Waals surface area (Å²) in [5.74, 6) is 0.469. The van der Waals surface area contributed by atoms with Crippen LogP contribution < -0.4 is 0 Å². The maximum Gasteiger partial charge on any atom is 0.192 e. The highest BCUT2D eigenvalue weighted by Gasteiger charge is 2.53. The lowest BCUT2D eigenvalue weighted by Crippen LogP contribution is -2.56. The van der Waals surface area contributed by atoms with Gasteiger partial charge in [0.1, 0.15) is 0 Å². The second-order valence-corrected chi connectivity index (χ2v) is 6.55. The Morgan fingerprint density at radius 3 is 2.55 bits per heavy atom. The molecule has 2 aliphatic heterocycles. The minimum Gasteiger partial charge on any atom is -0.369 e. The number of unbranched alkanes of at least 4 members (excludes halogenated alkanes) is 2. The van der Waals surface area contributed by atoms with Crippen molar-refractivity contribution in [3.8, 4) is 0 Å². The molecule has 4 aliphatic rings. The van der Waals surface area contributed by atoms with E-state index < -0.39 is 0 Å². The van der Waals surface area contributed by atoms with E-state index in [4.69, 9.17) is 4.74 Å². The number of ketones is 2. The number of fused-ring (bicyclic) bond motifs is 1. The van der Waals surface area contributed by atoms with Crippen LogP contribution in [0.5, 0.6) is 0 Å². The summed E-state index contributed by atoms with van der Waals surface area (Å²) in [6.07, 6.45) is 5.31. The van der Waals surface area contributed by atoms with Gasteiger partial charge in [-0.15, -0.1) is 0 Å². The zero-order valence-corrected chi connectivity index (χ0v) is 12.8. The van der Waals surface area contributed by atoms with E-state index in [9.17, 15) is 9.59 Å². The van der Waals surface area contributed by atoms with Crippen LogP contribution in [0.3, 0.4) is 0 Å². The van der Waals surface area contributed by atoms with Crippen LogP contribution in [0.1, 0.15) is 59.7 Å². The minimum absolute atomic E-state index is 0.00819. The Bertz CT molecular complexity index is 686. The highest BCUT2D eigenvalue weighted by atomic mass is 16.5. The molecule has 2 bridgehead atoms. The number of ether oxygens (including phenoxy) is 1. The molecule has 0 radical (unpaired) electrons. The monoisotopic (exact) mass is 296 g/mol. The smallest absolute Gasteiger partial charge is 0.192 e. The molecule has 3 atom stereocenters. The molecule has 3 heteroatoms. The fraction of sp³-hybridized carbons (Fsp3) is 0.474. The van der Waals surface area contributed by atoms with E-state index in [-0.39, 0.29) is 23.8 Å². The van der Waals surface area contributed by atoms with Crippen molar-refractivity contribution in [3.63, 3.8) is 0 Å². The third-order valence-electron chi connectivity index (χ3n) is 5.28. The van der Waals surface area contributed by atoms with Crippen molar-refractivity contribution in [1.82, 2.24) is 0 Å². The van der Waals surface area contributed by atoms with Crippen LogP contribution in [-0.4, -0.2) is 23.8 Å². The first-order valence-electron chi connectivity index (χ1n) is 8.29. The number of hydrogen-bond acceptors (Lipinski definition) is 3. The fourth-order valence-electron chi connectivity index (χ4n) is 4.10. The van der Waals surface area contributed by atoms with Gasteiger partial charge in [-0.2, -0.15) is 0 Å². The van der Waals surface area contributed by atoms with E-state index in [1.54, 1.807) is 12.1 Å². The van der Waals surface area contributed by atoms with E-state index in [1.165, 1.54) is 19.3 Å². The van der Waals surface area contributed by atoms with Crippen molar-refractivity contribution >= 4 is 11.6 Å². The molecule has 0 amide bonds. The Labute approximate surface area is 130 Å². The second kappa shape index (κ2) is 5.17. The van der Waals surface area contributed by atoms with Crippen LogP contribution in [0.2, 0.25) is 0 Å². The van der Waals surface area contributed by atoms with Crippen molar-refractivity contribution in [2.75, 3.05) is 0 Å². The van der Waals surface area contributed by atoms with Gasteiger partial charge in [0.05, 0.1) is 12.2 Å². The van der Waals surface area contributed by atoms with Crippen LogP contribution >= 0.6 is 0 Å². The topological polar surface area (TPSA) is 43.4 Å². The molecule has 22 heavy (non-hydrogen) atoms. The molecule has 1 aromatic carbocycles. The van der Waals surface area contributed by atoms with Gasteiger partial charge in [0.25, 0.3) is 0 Å². The zero-order valence-electron chi connectivity index (χ0n) is 12.8. The molecule has 2 heterocycles. The number of Topliss-reactive ketones (excluding diaryl/α,β-unsaturated/α-hetero) is 2. The van der Waals surface area contributed by atoms with Crippen molar-refractivity contribution in [2.45, 2.75) is 51.2 Å². The van der Waals surface area contributed by atoms with Crippen molar-refractivity contribution < 1.29 is 14.3 Å². The molecule has 0 N–H and O–H groups in total. The predicted octanol–water partition coefficient (Wildman–Crippen LogP) is 3.73. The Kier molecular flexibility index (Phi) is 3.26. The van der Waals surface area contributed by atoms with Crippen LogP contribution in [0.15, 0.2) is 35.4 Å². The van der Waals surface area contributed by atoms with Gasteiger partial charge >= 0.3 is 0 Å². The molecule has 1 fully saturated rings. The maximum atomic E-state index is 12.8. The molecule has 0 aromatic heterocycles. The Balaban J connectivity index is 1.66. The van der Waals surface area contributed by atoms with Gasteiger partial charge in [-0.05, 0) is 6.42 Å². The molecule has 5 rings (SSSR count). The minimum atomic E-state index is -0.143. The molecule has 0 spiro atoms. The molecule has 3 unspecified atom stereocenters. The number of rotatable bonds is 4. The zero-order chi connectivity index (χ0) is 15.3. The third-order valence-corrected chi connectivity index (χ3v) is 5.28. The highest BCUT2D eigenvalue weighted by molar-refractivity contribution is 6.27. The first-order chi connectivity index (χ1) is 10.7. The first kappa shape index (κ1) is 13.9. The summed E-state index contributed by atoms with van der Waals surface area (Å²) in [4.78, 5) is 25.5. The van der Waals surface area contributed by atoms with Gasteiger partial charge in [0.15, 0.2) is 11.6 Å². The molecule has 3 nitrogen and oxygen atoms in total. The summed E-state index contributed by atoms with van der Waals surface area (Å²) in [5.41, 5.74) is 2.49. The fourth-order valence-corrected chi connectivity index (χ4v) is 4.10. The highest BCUT2D eigenvalue weighted by Crippen LogP contribution is 2.49. The quantitative estimate of drug-likeness (QED) is 0.795. The van der Waals surface area contributed by atoms with E-state index in [1.807, 2.05) is 12.1 Å². The van der Waals surface area contributed by atoms with Gasteiger partial charge in [0, 0.05) is 34.6 Å². The number of carbonyl (C=O) groups excluding carboxylic acids is 2. The first-order valence-corrected chi connectivity index (χ1v) is 8.29. The van der Waals surface area contributed by atoms with Crippen LogP contribution in [0, 0.1) is 5.92 Å². The third kappa shape index (κ3) is 1.85.